The molecule has 2 rings (SSSR count). The van der Waals surface area contributed by atoms with Gasteiger partial charge in [-0.05, 0) is 30.9 Å². The Labute approximate surface area is 115 Å². The van der Waals surface area contributed by atoms with Crippen molar-refractivity contribution in [3.05, 3.63) is 17.7 Å². The Kier molecular flexibility index (Phi) is 4.37. The molecule has 0 amide bonds. The molecule has 1 aliphatic rings. The van der Waals surface area contributed by atoms with E-state index in [9.17, 15) is 13.2 Å². The van der Waals surface area contributed by atoms with Crippen LogP contribution in [0.2, 0.25) is 0 Å². The lowest BCUT2D eigenvalue weighted by Crippen LogP contribution is -2.31. The Morgan fingerprint density at radius 2 is 1.85 bits per heavy atom. The maximum Gasteiger partial charge on any atom is 0.416 e. The van der Waals surface area contributed by atoms with E-state index >= 15 is 0 Å². The van der Waals surface area contributed by atoms with Crippen molar-refractivity contribution in [2.45, 2.75) is 44.8 Å². The van der Waals surface area contributed by atoms with Gasteiger partial charge in [0.25, 0.3) is 0 Å². The summed E-state index contributed by atoms with van der Waals surface area (Å²) in [5, 5.41) is 3.11. The first-order chi connectivity index (χ1) is 9.40. The number of anilines is 2. The number of aromatic nitrogens is 1. The first kappa shape index (κ1) is 14.9. The molecule has 1 aromatic rings. The number of alkyl halides is 3. The predicted octanol–water partition coefficient (Wildman–Crippen LogP) is 3.38. The van der Waals surface area contributed by atoms with Gasteiger partial charge in [0.05, 0.1) is 5.56 Å². The van der Waals surface area contributed by atoms with Crippen molar-refractivity contribution >= 4 is 11.6 Å². The van der Waals surface area contributed by atoms with Crippen molar-refractivity contribution in [2.24, 2.45) is 11.8 Å². The monoisotopic (exact) mass is 288 g/mol. The van der Waals surface area contributed by atoms with Crippen LogP contribution in [0, 0.1) is 5.92 Å². The van der Waals surface area contributed by atoms with Gasteiger partial charge in [-0.1, -0.05) is 19.8 Å². The number of nitrogen functional groups attached to an aromatic ring is 1. The van der Waals surface area contributed by atoms with E-state index in [1.165, 1.54) is 6.42 Å². The third-order valence-electron chi connectivity index (χ3n) is 3.75. The van der Waals surface area contributed by atoms with E-state index in [1.54, 1.807) is 0 Å². The molecule has 4 nitrogen and oxygen atoms in total. The van der Waals surface area contributed by atoms with Gasteiger partial charge in [0.2, 0.25) is 0 Å². The van der Waals surface area contributed by atoms with Crippen LogP contribution in [0.25, 0.3) is 0 Å². The number of nitrogens with one attached hydrogen (secondary N) is 2. The third kappa shape index (κ3) is 3.53. The highest BCUT2D eigenvalue weighted by Crippen LogP contribution is 2.33. The standard InChI is InChI=1S/C13H19F3N4/c1-8-4-2-3-5-10(8)18-11-6-9(13(14,15)16)7-12(19-11)20-17/h6-8,10H,2-5,17H2,1H3,(H2,18,19,20). The Bertz CT molecular complexity index is 461. The van der Waals surface area contributed by atoms with Crippen molar-refractivity contribution in [2.75, 3.05) is 10.7 Å². The fraction of sp³-hybridized carbons (Fsp3) is 0.615. The summed E-state index contributed by atoms with van der Waals surface area (Å²) in [6.07, 6.45) is -0.125. The normalized spacial score (nSPS) is 23.4. The molecule has 0 bridgehead atoms. The number of hydrazine groups is 1. The molecule has 0 spiro atoms. The largest absolute Gasteiger partial charge is 0.416 e. The molecule has 1 fully saturated rings. The van der Waals surface area contributed by atoms with Crippen LogP contribution in [0.1, 0.15) is 38.2 Å². The molecule has 7 heteroatoms. The number of pyridine rings is 1. The average Bonchev–Trinajstić information content (AvgIpc) is 2.40. The Morgan fingerprint density at radius 3 is 2.45 bits per heavy atom. The van der Waals surface area contributed by atoms with Gasteiger partial charge in [0, 0.05) is 6.04 Å². The second-order valence-electron chi connectivity index (χ2n) is 5.28. The second kappa shape index (κ2) is 5.87. The SMILES string of the molecule is CC1CCCCC1Nc1cc(C(F)(F)F)cc(NN)n1. The zero-order valence-corrected chi connectivity index (χ0v) is 11.3. The van der Waals surface area contributed by atoms with E-state index in [-0.39, 0.29) is 17.7 Å². The summed E-state index contributed by atoms with van der Waals surface area (Å²) < 4.78 is 38.4. The van der Waals surface area contributed by atoms with Crippen LogP contribution in [0.15, 0.2) is 12.1 Å². The summed E-state index contributed by atoms with van der Waals surface area (Å²) in [7, 11) is 0. The van der Waals surface area contributed by atoms with Gasteiger partial charge in [-0.25, -0.2) is 10.8 Å². The molecule has 4 N–H and O–H groups in total. The number of nitrogens with zero attached hydrogens (tertiary/aromatic N) is 1. The summed E-state index contributed by atoms with van der Waals surface area (Å²) in [5.74, 6) is 5.83. The first-order valence-corrected chi connectivity index (χ1v) is 6.72. The van der Waals surface area contributed by atoms with Crippen molar-refractivity contribution in [3.8, 4) is 0 Å². The van der Waals surface area contributed by atoms with Gasteiger partial charge in [-0.3, -0.25) is 0 Å². The maximum atomic E-state index is 12.8. The van der Waals surface area contributed by atoms with Crippen LogP contribution >= 0.6 is 0 Å². The molecular weight excluding hydrogens is 269 g/mol. The minimum absolute atomic E-state index is 0.00536. The summed E-state index contributed by atoms with van der Waals surface area (Å²) in [6.45, 7) is 2.10. The number of hydrogen-bond donors (Lipinski definition) is 3. The van der Waals surface area contributed by atoms with Crippen LogP contribution in [0.3, 0.4) is 0 Å². The van der Waals surface area contributed by atoms with E-state index in [0.29, 0.717) is 5.92 Å². The highest BCUT2D eigenvalue weighted by atomic mass is 19.4. The van der Waals surface area contributed by atoms with Crippen LogP contribution in [0.5, 0.6) is 0 Å². The van der Waals surface area contributed by atoms with Gasteiger partial charge in [0.15, 0.2) is 0 Å². The quantitative estimate of drug-likeness (QED) is 0.589. The Hall–Kier alpha value is -1.50. The lowest BCUT2D eigenvalue weighted by Gasteiger charge is -2.30. The molecule has 0 saturated heterocycles. The van der Waals surface area contributed by atoms with Gasteiger partial charge in [0.1, 0.15) is 11.6 Å². The van der Waals surface area contributed by atoms with Crippen molar-refractivity contribution in [3.63, 3.8) is 0 Å². The van der Waals surface area contributed by atoms with Crippen LogP contribution in [-0.4, -0.2) is 11.0 Å². The highest BCUT2D eigenvalue weighted by Gasteiger charge is 2.32. The number of halogens is 3. The molecule has 1 heterocycles. The molecule has 2 unspecified atom stereocenters. The zero-order valence-electron chi connectivity index (χ0n) is 11.3. The third-order valence-corrected chi connectivity index (χ3v) is 3.75. The second-order valence-corrected chi connectivity index (χ2v) is 5.28. The lowest BCUT2D eigenvalue weighted by atomic mass is 9.86. The lowest BCUT2D eigenvalue weighted by molar-refractivity contribution is -0.137. The zero-order chi connectivity index (χ0) is 14.8. The fourth-order valence-corrected chi connectivity index (χ4v) is 2.56. The fourth-order valence-electron chi connectivity index (χ4n) is 2.56. The van der Waals surface area contributed by atoms with Crippen molar-refractivity contribution in [1.82, 2.24) is 4.98 Å². The molecule has 0 radical (unpaired) electrons. The average molecular weight is 288 g/mol. The number of hydrogen-bond acceptors (Lipinski definition) is 4. The molecule has 1 aliphatic carbocycles. The van der Waals surface area contributed by atoms with Gasteiger partial charge in [-0.15, -0.1) is 0 Å². The Morgan fingerprint density at radius 1 is 1.20 bits per heavy atom. The van der Waals surface area contributed by atoms with Gasteiger partial charge >= 0.3 is 6.18 Å². The van der Waals surface area contributed by atoms with Crippen LogP contribution < -0.4 is 16.6 Å². The predicted molar refractivity (Wildman–Crippen MR) is 72.1 cm³/mol. The van der Waals surface area contributed by atoms with Crippen LogP contribution in [-0.2, 0) is 6.18 Å². The molecule has 1 aromatic heterocycles. The van der Waals surface area contributed by atoms with E-state index in [0.717, 1.165) is 31.4 Å². The maximum absolute atomic E-state index is 12.8. The van der Waals surface area contributed by atoms with Gasteiger partial charge < -0.3 is 10.7 Å². The first-order valence-electron chi connectivity index (χ1n) is 6.72. The Balaban J connectivity index is 2.22. The number of rotatable bonds is 3. The minimum atomic E-state index is -4.41. The summed E-state index contributed by atoms with van der Waals surface area (Å²) in [4.78, 5) is 4.05. The summed E-state index contributed by atoms with van der Waals surface area (Å²) in [6, 6.07) is 2.09. The van der Waals surface area contributed by atoms with Crippen molar-refractivity contribution in [1.29, 1.82) is 0 Å². The summed E-state index contributed by atoms with van der Waals surface area (Å²) >= 11 is 0. The molecule has 2 atom stereocenters. The molecule has 1 saturated carbocycles. The molecule has 112 valence electrons. The highest BCUT2D eigenvalue weighted by molar-refractivity contribution is 5.49. The molecule has 0 aromatic carbocycles. The van der Waals surface area contributed by atoms with E-state index in [4.69, 9.17) is 5.84 Å². The van der Waals surface area contributed by atoms with E-state index in [2.05, 4.69) is 22.7 Å². The number of nitrogens with two attached hydrogens (primary N) is 1. The van der Waals surface area contributed by atoms with Gasteiger partial charge in [-0.2, -0.15) is 13.2 Å². The summed E-state index contributed by atoms with van der Waals surface area (Å²) in [5.41, 5.74) is 1.42. The van der Waals surface area contributed by atoms with E-state index in [1.807, 2.05) is 0 Å². The molecule has 0 aliphatic heterocycles. The smallest absolute Gasteiger partial charge is 0.367 e. The minimum Gasteiger partial charge on any atom is -0.367 e. The van der Waals surface area contributed by atoms with Crippen LogP contribution in [0.4, 0.5) is 24.8 Å². The van der Waals surface area contributed by atoms with E-state index < -0.39 is 11.7 Å². The molecule has 20 heavy (non-hydrogen) atoms. The molecular formula is C13H19F3N4. The topological polar surface area (TPSA) is 63.0 Å². The van der Waals surface area contributed by atoms with Crippen molar-refractivity contribution < 1.29 is 13.2 Å².